The highest BCUT2D eigenvalue weighted by Crippen LogP contribution is 2.33. The van der Waals surface area contributed by atoms with Gasteiger partial charge >= 0.3 is 0 Å². The fourth-order valence-corrected chi connectivity index (χ4v) is 1.66. The second-order valence-corrected chi connectivity index (χ2v) is 4.24. The summed E-state index contributed by atoms with van der Waals surface area (Å²) in [6.45, 7) is 2.23. The Morgan fingerprint density at radius 3 is 2.84 bits per heavy atom. The Labute approximate surface area is 110 Å². The molecular formula is C12H16N2O5. The third-order valence-corrected chi connectivity index (χ3v) is 2.47. The van der Waals surface area contributed by atoms with Crippen LogP contribution in [0, 0.1) is 16.0 Å². The van der Waals surface area contributed by atoms with Gasteiger partial charge in [-0.3, -0.25) is 14.9 Å². The van der Waals surface area contributed by atoms with Crippen LogP contribution < -0.4 is 5.32 Å². The number of aromatic hydroxyl groups is 1. The average molecular weight is 268 g/mol. The summed E-state index contributed by atoms with van der Waals surface area (Å²) in [5.41, 5.74) is -0.519. The van der Waals surface area contributed by atoms with Gasteiger partial charge in [0.25, 0.3) is 5.69 Å². The molecule has 7 nitrogen and oxygen atoms in total. The number of nitrogens with zero attached hydrogens (tertiary/aromatic N) is 1. The zero-order chi connectivity index (χ0) is 14.4. The van der Waals surface area contributed by atoms with Gasteiger partial charge in [-0.2, -0.15) is 0 Å². The van der Waals surface area contributed by atoms with E-state index in [1.807, 2.05) is 6.92 Å². The highest BCUT2D eigenvalue weighted by atomic mass is 16.6. The lowest BCUT2D eigenvalue weighted by molar-refractivity contribution is -0.384. The molecule has 7 heteroatoms. The molecule has 0 aromatic heterocycles. The Bertz CT molecular complexity index is 475. The summed E-state index contributed by atoms with van der Waals surface area (Å²) in [7, 11) is 1.53. The van der Waals surface area contributed by atoms with Crippen LogP contribution in [0.2, 0.25) is 0 Å². The first-order valence-corrected chi connectivity index (χ1v) is 5.70. The highest BCUT2D eigenvalue weighted by Gasteiger charge is 2.20. The van der Waals surface area contributed by atoms with Gasteiger partial charge < -0.3 is 15.2 Å². The van der Waals surface area contributed by atoms with Crippen molar-refractivity contribution in [3.63, 3.8) is 0 Å². The fourth-order valence-electron chi connectivity index (χ4n) is 1.66. The van der Waals surface area contributed by atoms with Crippen molar-refractivity contribution >= 4 is 17.3 Å². The van der Waals surface area contributed by atoms with Gasteiger partial charge in [0.05, 0.1) is 4.92 Å². The van der Waals surface area contributed by atoms with Crippen molar-refractivity contribution in [2.75, 3.05) is 19.0 Å². The summed E-state index contributed by atoms with van der Waals surface area (Å²) in [6.07, 6.45) is 0.152. The molecule has 104 valence electrons. The maximum atomic E-state index is 11.7. The van der Waals surface area contributed by atoms with E-state index >= 15 is 0 Å². The van der Waals surface area contributed by atoms with Gasteiger partial charge in [-0.25, -0.2) is 0 Å². The van der Waals surface area contributed by atoms with Gasteiger partial charge in [0, 0.05) is 26.2 Å². The number of nitrogens with one attached hydrogen (secondary N) is 1. The number of nitro benzene ring substituents is 1. The number of ether oxygens (including phenoxy) is 1. The number of hydrogen-bond donors (Lipinski definition) is 2. The summed E-state index contributed by atoms with van der Waals surface area (Å²) < 4.78 is 4.90. The Morgan fingerprint density at radius 2 is 2.26 bits per heavy atom. The zero-order valence-corrected chi connectivity index (χ0v) is 10.8. The molecule has 0 fully saturated rings. The van der Waals surface area contributed by atoms with Crippen LogP contribution in [0.4, 0.5) is 11.4 Å². The number of hydrogen-bond acceptors (Lipinski definition) is 5. The molecule has 1 atom stereocenters. The number of phenolic OH excluding ortho intramolecular Hbond substituents is 1. The number of anilines is 1. The van der Waals surface area contributed by atoms with Crippen molar-refractivity contribution in [2.45, 2.75) is 13.3 Å². The van der Waals surface area contributed by atoms with Crippen LogP contribution in [0.15, 0.2) is 18.2 Å². The lowest BCUT2D eigenvalue weighted by atomic mass is 10.1. The SMILES string of the molecule is COCC(C)CC(=O)Nc1c(O)cccc1[N+](=O)[O-]. The summed E-state index contributed by atoms with van der Waals surface area (Å²) >= 11 is 0. The number of amides is 1. The van der Waals surface area contributed by atoms with Gasteiger partial charge in [-0.15, -0.1) is 0 Å². The Hall–Kier alpha value is -2.15. The van der Waals surface area contributed by atoms with Crippen molar-refractivity contribution in [1.82, 2.24) is 0 Å². The normalized spacial score (nSPS) is 11.9. The number of rotatable bonds is 6. The predicted octanol–water partition coefficient (Wildman–Crippen LogP) is 1.91. The van der Waals surface area contributed by atoms with Crippen molar-refractivity contribution in [3.05, 3.63) is 28.3 Å². The summed E-state index contributed by atoms with van der Waals surface area (Å²) in [5.74, 6) is -0.758. The smallest absolute Gasteiger partial charge is 0.296 e. The molecule has 0 saturated heterocycles. The third kappa shape index (κ3) is 4.22. The van der Waals surface area contributed by atoms with E-state index in [4.69, 9.17) is 4.74 Å². The van der Waals surface area contributed by atoms with Crippen molar-refractivity contribution < 1.29 is 19.6 Å². The maximum Gasteiger partial charge on any atom is 0.296 e. The number of benzene rings is 1. The van der Waals surface area contributed by atoms with Crippen LogP contribution in [0.25, 0.3) is 0 Å². The van der Waals surface area contributed by atoms with Crippen LogP contribution >= 0.6 is 0 Å². The second-order valence-electron chi connectivity index (χ2n) is 4.24. The molecule has 0 bridgehead atoms. The lowest BCUT2D eigenvalue weighted by Crippen LogP contribution is -2.18. The molecule has 1 unspecified atom stereocenters. The van der Waals surface area contributed by atoms with Crippen LogP contribution in [0.5, 0.6) is 5.75 Å². The third-order valence-electron chi connectivity index (χ3n) is 2.47. The van der Waals surface area contributed by atoms with Crippen LogP contribution in [0.3, 0.4) is 0 Å². The zero-order valence-electron chi connectivity index (χ0n) is 10.8. The first-order chi connectivity index (χ1) is 8.95. The quantitative estimate of drug-likeness (QED) is 0.466. The van der Waals surface area contributed by atoms with E-state index in [2.05, 4.69) is 5.32 Å². The van der Waals surface area contributed by atoms with Gasteiger partial charge in [-0.05, 0) is 12.0 Å². The number of para-hydroxylation sites is 1. The molecule has 0 radical (unpaired) electrons. The molecule has 0 heterocycles. The Balaban J connectivity index is 2.82. The minimum atomic E-state index is -0.659. The Morgan fingerprint density at radius 1 is 1.58 bits per heavy atom. The van der Waals surface area contributed by atoms with E-state index in [0.29, 0.717) is 6.61 Å². The molecule has 0 aliphatic rings. The average Bonchev–Trinajstić information content (AvgIpc) is 2.31. The molecule has 1 aromatic rings. The van der Waals surface area contributed by atoms with Gasteiger partial charge in [0.2, 0.25) is 5.91 Å². The minimum absolute atomic E-state index is 0.0186. The molecule has 0 aliphatic heterocycles. The Kier molecular flexibility index (Phi) is 5.25. The monoisotopic (exact) mass is 268 g/mol. The van der Waals surface area contributed by atoms with E-state index in [1.54, 1.807) is 0 Å². The summed E-state index contributed by atoms with van der Waals surface area (Å²) in [5, 5.41) is 22.7. The first-order valence-electron chi connectivity index (χ1n) is 5.70. The predicted molar refractivity (Wildman–Crippen MR) is 69.0 cm³/mol. The van der Waals surface area contributed by atoms with Crippen molar-refractivity contribution in [2.24, 2.45) is 5.92 Å². The van der Waals surface area contributed by atoms with E-state index in [0.717, 1.165) is 0 Å². The van der Waals surface area contributed by atoms with Crippen LogP contribution in [-0.2, 0) is 9.53 Å². The van der Waals surface area contributed by atoms with E-state index < -0.39 is 10.8 Å². The molecule has 0 spiro atoms. The largest absolute Gasteiger partial charge is 0.505 e. The first kappa shape index (κ1) is 14.9. The van der Waals surface area contributed by atoms with Crippen LogP contribution in [-0.4, -0.2) is 29.7 Å². The van der Waals surface area contributed by atoms with Gasteiger partial charge in [0.15, 0.2) is 5.69 Å². The number of nitro groups is 1. The molecule has 0 aliphatic carbocycles. The molecule has 0 saturated carbocycles. The fraction of sp³-hybridized carbons (Fsp3) is 0.417. The van der Waals surface area contributed by atoms with Crippen molar-refractivity contribution in [3.8, 4) is 5.75 Å². The minimum Gasteiger partial charge on any atom is -0.505 e. The maximum absolute atomic E-state index is 11.7. The van der Waals surface area contributed by atoms with Gasteiger partial charge in [-0.1, -0.05) is 13.0 Å². The van der Waals surface area contributed by atoms with E-state index in [9.17, 15) is 20.0 Å². The topological polar surface area (TPSA) is 102 Å². The highest BCUT2D eigenvalue weighted by molar-refractivity contribution is 5.95. The second kappa shape index (κ2) is 6.69. The van der Waals surface area contributed by atoms with Crippen molar-refractivity contribution in [1.29, 1.82) is 0 Å². The number of phenols is 1. The molecule has 1 rings (SSSR count). The number of carbonyl (C=O) groups is 1. The van der Waals surface area contributed by atoms with E-state index in [-0.39, 0.29) is 29.5 Å². The molecule has 2 N–H and O–H groups in total. The molecule has 1 amide bonds. The number of methoxy groups -OCH3 is 1. The molecule has 1 aromatic carbocycles. The van der Waals surface area contributed by atoms with Gasteiger partial charge in [0.1, 0.15) is 5.75 Å². The van der Waals surface area contributed by atoms with E-state index in [1.165, 1.54) is 25.3 Å². The van der Waals surface area contributed by atoms with Crippen LogP contribution in [0.1, 0.15) is 13.3 Å². The standard InChI is InChI=1S/C12H16N2O5/c1-8(7-19-2)6-11(16)13-12-9(14(17)18)4-3-5-10(12)15/h3-5,8,15H,6-7H2,1-2H3,(H,13,16). The summed E-state index contributed by atoms with van der Waals surface area (Å²) in [4.78, 5) is 21.9. The number of carbonyl (C=O) groups excluding carboxylic acids is 1. The molecule has 19 heavy (non-hydrogen) atoms. The lowest BCUT2D eigenvalue weighted by Gasteiger charge is -2.11. The summed E-state index contributed by atoms with van der Waals surface area (Å²) in [6, 6.07) is 3.84. The molecular weight excluding hydrogens is 252 g/mol.